The fourth-order valence-corrected chi connectivity index (χ4v) is 5.91. The Morgan fingerprint density at radius 3 is 2.67 bits per heavy atom. The molecule has 156 valence electrons. The number of hydrogen-bond donors (Lipinski definition) is 3. The quantitative estimate of drug-likeness (QED) is 0.532. The zero-order valence-electron chi connectivity index (χ0n) is 17.3. The van der Waals surface area contributed by atoms with Crippen molar-refractivity contribution in [2.24, 2.45) is 11.7 Å². The van der Waals surface area contributed by atoms with Crippen LogP contribution in [0.4, 0.5) is 11.4 Å². The van der Waals surface area contributed by atoms with Gasteiger partial charge < -0.3 is 21.7 Å². The number of pyridine rings is 1. The molecule has 7 heteroatoms. The van der Waals surface area contributed by atoms with Gasteiger partial charge in [0.2, 0.25) is 0 Å². The van der Waals surface area contributed by atoms with E-state index < -0.39 is 0 Å². The van der Waals surface area contributed by atoms with Gasteiger partial charge in [-0.25, -0.2) is 4.98 Å². The van der Waals surface area contributed by atoms with Crippen molar-refractivity contribution in [2.75, 3.05) is 23.7 Å². The average Bonchev–Trinajstić information content (AvgIpc) is 3.55. The number of aryl methyl sites for hydroxylation is 1. The highest BCUT2D eigenvalue weighted by Gasteiger charge is 2.74. The van der Waals surface area contributed by atoms with Gasteiger partial charge in [-0.05, 0) is 55.5 Å². The second kappa shape index (κ2) is 6.96. The Bertz CT molecular complexity index is 1120. The minimum atomic E-state index is -0.135. The number of benzene rings is 1. The van der Waals surface area contributed by atoms with E-state index in [1.807, 2.05) is 19.1 Å². The van der Waals surface area contributed by atoms with Crippen LogP contribution in [0.25, 0.3) is 10.2 Å². The Morgan fingerprint density at radius 1 is 1.30 bits per heavy atom. The highest BCUT2D eigenvalue weighted by molar-refractivity contribution is 7.21. The molecule has 1 amide bonds. The molecule has 1 aromatic carbocycles. The summed E-state index contributed by atoms with van der Waals surface area (Å²) in [5, 5.41) is 3.84. The van der Waals surface area contributed by atoms with Gasteiger partial charge in [0.15, 0.2) is 0 Å². The van der Waals surface area contributed by atoms with Gasteiger partial charge in [0.25, 0.3) is 5.91 Å². The summed E-state index contributed by atoms with van der Waals surface area (Å²) in [5.41, 5.74) is 16.4. The predicted molar refractivity (Wildman–Crippen MR) is 123 cm³/mol. The minimum Gasteiger partial charge on any atom is -0.397 e. The maximum atomic E-state index is 12.6. The zero-order chi connectivity index (χ0) is 21.0. The lowest BCUT2D eigenvalue weighted by molar-refractivity contribution is 0.0959. The molecule has 1 aliphatic carbocycles. The summed E-state index contributed by atoms with van der Waals surface area (Å²) < 4.78 is 0. The third kappa shape index (κ3) is 2.96. The molecule has 0 bridgehead atoms. The first-order chi connectivity index (χ1) is 14.5. The molecule has 3 atom stereocenters. The van der Waals surface area contributed by atoms with Crippen LogP contribution in [0.15, 0.2) is 36.4 Å². The number of amides is 1. The number of fused-ring (bicyclic) bond motifs is 1. The van der Waals surface area contributed by atoms with E-state index in [9.17, 15) is 4.79 Å². The van der Waals surface area contributed by atoms with Gasteiger partial charge in [-0.15, -0.1) is 11.3 Å². The fraction of sp³-hybridized carbons (Fsp3) is 0.391. The lowest BCUT2D eigenvalue weighted by Gasteiger charge is -2.08. The van der Waals surface area contributed by atoms with Crippen LogP contribution >= 0.6 is 11.3 Å². The number of nitrogen functional groups attached to an aromatic ring is 1. The normalized spacial score (nSPS) is 24.4. The number of nitrogens with zero attached hydrogens (tertiary/aromatic N) is 2. The molecule has 5 N–H and O–H groups in total. The summed E-state index contributed by atoms with van der Waals surface area (Å²) in [6.45, 7) is 5.52. The van der Waals surface area contributed by atoms with Gasteiger partial charge in [0, 0.05) is 29.9 Å². The van der Waals surface area contributed by atoms with Gasteiger partial charge in [0.1, 0.15) is 9.71 Å². The van der Waals surface area contributed by atoms with E-state index in [2.05, 4.69) is 46.4 Å². The Balaban J connectivity index is 1.19. The Kier molecular flexibility index (Phi) is 4.48. The summed E-state index contributed by atoms with van der Waals surface area (Å²) in [4.78, 5) is 20.9. The average molecular weight is 422 g/mol. The van der Waals surface area contributed by atoms with Crippen molar-refractivity contribution < 1.29 is 4.79 Å². The van der Waals surface area contributed by atoms with E-state index in [1.54, 1.807) is 0 Å². The predicted octanol–water partition coefficient (Wildman–Crippen LogP) is 3.09. The van der Waals surface area contributed by atoms with Crippen LogP contribution in [-0.2, 0) is 6.42 Å². The lowest BCUT2D eigenvalue weighted by Crippen LogP contribution is -2.25. The standard InChI is InChI=1S/C23H27N5OS/c1-13-11-23(13)18(12-24)28(23)16-6-4-15(5-7-16)9-10-26-21(29)20-19(25)17-8-3-14(2)27-22(17)30-20/h3-8,13,18H,9-12,24-25H2,1-2H3,(H,26,29). The number of carbonyl (C=O) groups excluding carboxylic acids is 1. The Morgan fingerprint density at radius 2 is 2.03 bits per heavy atom. The summed E-state index contributed by atoms with van der Waals surface area (Å²) in [6, 6.07) is 13.0. The molecular weight excluding hydrogens is 394 g/mol. The van der Waals surface area contributed by atoms with Crippen LogP contribution in [0.3, 0.4) is 0 Å². The highest BCUT2D eigenvalue weighted by atomic mass is 32.1. The number of carbonyl (C=O) groups is 1. The van der Waals surface area contributed by atoms with Crippen LogP contribution in [0.5, 0.6) is 0 Å². The summed E-state index contributed by atoms with van der Waals surface area (Å²) in [5.74, 6) is 0.603. The van der Waals surface area contributed by atoms with Crippen molar-refractivity contribution in [1.82, 2.24) is 10.3 Å². The number of aromatic nitrogens is 1. The third-order valence-electron chi connectivity index (χ3n) is 6.67. The SMILES string of the molecule is Cc1ccc2c(N)c(C(=O)NCCc3ccc(N4C(CN)C45CC5C)cc3)sc2n1. The number of thiophene rings is 1. The molecule has 1 saturated carbocycles. The fourth-order valence-electron chi connectivity index (χ4n) is 4.85. The molecule has 2 aliphatic rings. The highest BCUT2D eigenvalue weighted by Crippen LogP contribution is 2.65. The topological polar surface area (TPSA) is 97.0 Å². The van der Waals surface area contributed by atoms with E-state index in [1.165, 1.54) is 29.0 Å². The number of anilines is 2. The van der Waals surface area contributed by atoms with Gasteiger partial charge in [-0.1, -0.05) is 19.1 Å². The van der Waals surface area contributed by atoms with Crippen molar-refractivity contribution in [3.63, 3.8) is 0 Å². The first-order valence-electron chi connectivity index (χ1n) is 10.5. The largest absolute Gasteiger partial charge is 0.397 e. The summed E-state index contributed by atoms with van der Waals surface area (Å²) in [7, 11) is 0. The monoisotopic (exact) mass is 421 g/mol. The molecule has 2 aromatic heterocycles. The molecule has 0 radical (unpaired) electrons. The Hall–Kier alpha value is -2.64. The summed E-state index contributed by atoms with van der Waals surface area (Å²) in [6.07, 6.45) is 2.02. The van der Waals surface area contributed by atoms with Gasteiger partial charge in [0.05, 0.1) is 17.3 Å². The zero-order valence-corrected chi connectivity index (χ0v) is 18.1. The first-order valence-corrected chi connectivity index (χ1v) is 11.3. The molecule has 6 nitrogen and oxygen atoms in total. The van der Waals surface area contributed by atoms with Crippen molar-refractivity contribution in [2.45, 2.75) is 38.3 Å². The number of hydrogen-bond acceptors (Lipinski definition) is 6. The van der Waals surface area contributed by atoms with Gasteiger partial charge >= 0.3 is 0 Å². The third-order valence-corrected chi connectivity index (χ3v) is 7.79. The number of nitrogens with one attached hydrogen (secondary N) is 1. The first kappa shape index (κ1) is 19.3. The molecule has 3 aromatic rings. The molecule has 30 heavy (non-hydrogen) atoms. The lowest BCUT2D eigenvalue weighted by atomic mass is 10.1. The smallest absolute Gasteiger partial charge is 0.263 e. The molecule has 1 saturated heterocycles. The van der Waals surface area contributed by atoms with Crippen LogP contribution in [-0.4, -0.2) is 35.6 Å². The van der Waals surface area contributed by atoms with E-state index >= 15 is 0 Å². The Labute approximate surface area is 180 Å². The minimum absolute atomic E-state index is 0.135. The van der Waals surface area contributed by atoms with Crippen molar-refractivity contribution in [3.8, 4) is 0 Å². The molecule has 5 rings (SSSR count). The molecule has 1 spiro atoms. The molecule has 2 fully saturated rings. The van der Waals surface area contributed by atoms with Crippen LogP contribution in [0.1, 0.15) is 34.3 Å². The van der Waals surface area contributed by atoms with Crippen LogP contribution in [0, 0.1) is 12.8 Å². The number of rotatable bonds is 6. The van der Waals surface area contributed by atoms with Crippen LogP contribution in [0.2, 0.25) is 0 Å². The van der Waals surface area contributed by atoms with E-state index in [-0.39, 0.29) is 5.91 Å². The molecule has 3 unspecified atom stereocenters. The maximum absolute atomic E-state index is 12.6. The van der Waals surface area contributed by atoms with Gasteiger partial charge in [-0.3, -0.25) is 4.79 Å². The van der Waals surface area contributed by atoms with Crippen molar-refractivity contribution in [3.05, 3.63) is 52.5 Å². The molecule has 1 aliphatic heterocycles. The molecular formula is C23H27N5OS. The molecule has 3 heterocycles. The van der Waals surface area contributed by atoms with E-state index in [0.29, 0.717) is 35.2 Å². The van der Waals surface area contributed by atoms with Gasteiger partial charge in [-0.2, -0.15) is 0 Å². The summed E-state index contributed by atoms with van der Waals surface area (Å²) >= 11 is 1.35. The van der Waals surface area contributed by atoms with E-state index in [4.69, 9.17) is 11.5 Å². The number of nitrogens with two attached hydrogens (primary N) is 2. The van der Waals surface area contributed by atoms with Crippen molar-refractivity contribution >= 4 is 38.8 Å². The second-order valence-corrected chi connectivity index (χ2v) is 9.54. The van der Waals surface area contributed by atoms with E-state index in [0.717, 1.165) is 28.2 Å². The van der Waals surface area contributed by atoms with Crippen LogP contribution < -0.4 is 21.7 Å². The maximum Gasteiger partial charge on any atom is 0.263 e. The second-order valence-electron chi connectivity index (χ2n) is 8.54. The van der Waals surface area contributed by atoms with Crippen molar-refractivity contribution in [1.29, 1.82) is 0 Å².